The SMILES string of the molecule is CN1CCN(C)C(C(=O)Cc2ccn(C)n2)C1. The molecule has 1 aliphatic heterocycles. The van der Waals surface area contributed by atoms with E-state index in [0.29, 0.717) is 6.42 Å². The minimum atomic E-state index is 0.00996. The highest BCUT2D eigenvalue weighted by Gasteiger charge is 2.28. The van der Waals surface area contributed by atoms with Gasteiger partial charge >= 0.3 is 0 Å². The maximum atomic E-state index is 12.2. The second-order valence-corrected chi connectivity index (χ2v) is 4.88. The van der Waals surface area contributed by atoms with E-state index in [1.54, 1.807) is 4.68 Å². The first-order chi connectivity index (χ1) is 8.06. The highest BCUT2D eigenvalue weighted by Crippen LogP contribution is 2.09. The molecule has 1 atom stereocenters. The molecule has 17 heavy (non-hydrogen) atoms. The number of aromatic nitrogens is 2. The Morgan fingerprint density at radius 2 is 2.18 bits per heavy atom. The summed E-state index contributed by atoms with van der Waals surface area (Å²) in [6, 6.07) is 1.92. The Hall–Kier alpha value is -1.20. The van der Waals surface area contributed by atoms with Crippen molar-refractivity contribution in [1.29, 1.82) is 0 Å². The van der Waals surface area contributed by atoms with Gasteiger partial charge in [0.05, 0.1) is 18.2 Å². The summed E-state index contributed by atoms with van der Waals surface area (Å²) in [7, 11) is 5.95. The normalized spacial score (nSPS) is 22.9. The molecule has 1 unspecified atom stereocenters. The molecular formula is C12H20N4O. The van der Waals surface area contributed by atoms with Crippen molar-refractivity contribution in [3.63, 3.8) is 0 Å². The van der Waals surface area contributed by atoms with E-state index in [1.807, 2.05) is 26.4 Å². The Kier molecular flexibility index (Phi) is 3.59. The average molecular weight is 236 g/mol. The number of aryl methyl sites for hydroxylation is 1. The van der Waals surface area contributed by atoms with Crippen LogP contribution in [0.3, 0.4) is 0 Å². The molecule has 5 nitrogen and oxygen atoms in total. The van der Waals surface area contributed by atoms with Crippen molar-refractivity contribution in [3.05, 3.63) is 18.0 Å². The largest absolute Gasteiger partial charge is 0.303 e. The van der Waals surface area contributed by atoms with Gasteiger partial charge in [-0.25, -0.2) is 0 Å². The third kappa shape index (κ3) is 2.92. The first kappa shape index (κ1) is 12.3. The highest BCUT2D eigenvalue weighted by atomic mass is 16.1. The summed E-state index contributed by atoms with van der Waals surface area (Å²) < 4.78 is 1.74. The Labute approximate surface area is 102 Å². The molecule has 1 aromatic heterocycles. The molecule has 0 aliphatic carbocycles. The van der Waals surface area contributed by atoms with Gasteiger partial charge < -0.3 is 4.90 Å². The fraction of sp³-hybridized carbons (Fsp3) is 0.667. The van der Waals surface area contributed by atoms with Crippen LogP contribution in [0, 0.1) is 0 Å². The van der Waals surface area contributed by atoms with E-state index < -0.39 is 0 Å². The van der Waals surface area contributed by atoms with Gasteiger partial charge in [-0.3, -0.25) is 14.4 Å². The second-order valence-electron chi connectivity index (χ2n) is 4.88. The van der Waals surface area contributed by atoms with Crippen molar-refractivity contribution in [3.8, 4) is 0 Å². The van der Waals surface area contributed by atoms with Crippen LogP contribution in [-0.4, -0.2) is 65.1 Å². The maximum absolute atomic E-state index is 12.2. The van der Waals surface area contributed by atoms with E-state index in [1.165, 1.54) is 0 Å². The van der Waals surface area contributed by atoms with Gasteiger partial charge in [0.2, 0.25) is 0 Å². The first-order valence-electron chi connectivity index (χ1n) is 5.96. The van der Waals surface area contributed by atoms with E-state index in [4.69, 9.17) is 0 Å². The summed E-state index contributed by atoms with van der Waals surface area (Å²) in [6.07, 6.45) is 2.31. The fourth-order valence-corrected chi connectivity index (χ4v) is 2.21. The third-order valence-corrected chi connectivity index (χ3v) is 3.35. The van der Waals surface area contributed by atoms with Crippen molar-refractivity contribution in [2.45, 2.75) is 12.5 Å². The van der Waals surface area contributed by atoms with E-state index in [9.17, 15) is 4.79 Å². The number of carbonyl (C=O) groups excluding carboxylic acids is 1. The summed E-state index contributed by atoms with van der Waals surface area (Å²) in [4.78, 5) is 16.6. The molecular weight excluding hydrogens is 216 g/mol. The Morgan fingerprint density at radius 1 is 1.41 bits per heavy atom. The molecule has 1 aromatic rings. The smallest absolute Gasteiger partial charge is 0.157 e. The van der Waals surface area contributed by atoms with Crippen LogP contribution in [-0.2, 0) is 18.3 Å². The average Bonchev–Trinajstić information content (AvgIpc) is 2.67. The number of nitrogens with zero attached hydrogens (tertiary/aromatic N) is 4. The summed E-state index contributed by atoms with van der Waals surface area (Å²) in [5.74, 6) is 0.262. The summed E-state index contributed by atoms with van der Waals surface area (Å²) in [5.41, 5.74) is 0.860. The molecule has 1 aliphatic rings. The van der Waals surface area contributed by atoms with Crippen molar-refractivity contribution >= 4 is 5.78 Å². The standard InChI is InChI=1S/C12H20N4O/c1-14-6-7-15(2)11(9-14)12(17)8-10-4-5-16(3)13-10/h4-5,11H,6-9H2,1-3H3. The Balaban J connectivity index is 1.99. The van der Waals surface area contributed by atoms with Crippen LogP contribution in [0.4, 0.5) is 0 Å². The lowest BCUT2D eigenvalue weighted by molar-refractivity contribution is -0.125. The lowest BCUT2D eigenvalue weighted by atomic mass is 10.0. The minimum absolute atomic E-state index is 0.00996. The van der Waals surface area contributed by atoms with E-state index in [-0.39, 0.29) is 11.8 Å². The molecule has 1 saturated heterocycles. The molecule has 2 heterocycles. The van der Waals surface area contributed by atoms with Gasteiger partial charge in [-0.1, -0.05) is 0 Å². The minimum Gasteiger partial charge on any atom is -0.303 e. The van der Waals surface area contributed by atoms with Crippen LogP contribution in [0.1, 0.15) is 5.69 Å². The molecule has 0 saturated carbocycles. The lowest BCUT2D eigenvalue weighted by Crippen LogP contribution is -2.53. The van der Waals surface area contributed by atoms with Crippen LogP contribution in [0.25, 0.3) is 0 Å². The molecule has 0 aromatic carbocycles. The quantitative estimate of drug-likeness (QED) is 0.727. The van der Waals surface area contributed by atoms with Crippen LogP contribution in [0.15, 0.2) is 12.3 Å². The summed E-state index contributed by atoms with van der Waals surface area (Å²) >= 11 is 0. The maximum Gasteiger partial charge on any atom is 0.157 e. The van der Waals surface area contributed by atoms with Crippen LogP contribution in [0.5, 0.6) is 0 Å². The van der Waals surface area contributed by atoms with Crippen LogP contribution in [0.2, 0.25) is 0 Å². The molecule has 0 radical (unpaired) electrons. The molecule has 5 heteroatoms. The van der Waals surface area contributed by atoms with Gasteiger partial charge in [-0.05, 0) is 20.2 Å². The van der Waals surface area contributed by atoms with Crippen molar-refractivity contribution in [1.82, 2.24) is 19.6 Å². The number of piperazine rings is 1. The number of rotatable bonds is 3. The molecule has 0 spiro atoms. The number of Topliss-reactive ketones (excluding diaryl/α,β-unsaturated/α-hetero) is 1. The van der Waals surface area contributed by atoms with Gasteiger partial charge in [-0.15, -0.1) is 0 Å². The number of likely N-dealkylation sites (N-methyl/N-ethyl adjacent to an activating group) is 2. The van der Waals surface area contributed by atoms with E-state index in [2.05, 4.69) is 21.9 Å². The monoisotopic (exact) mass is 236 g/mol. The van der Waals surface area contributed by atoms with Crippen molar-refractivity contribution < 1.29 is 4.79 Å². The van der Waals surface area contributed by atoms with Gasteiger partial charge in [0, 0.05) is 32.9 Å². The Morgan fingerprint density at radius 3 is 2.82 bits per heavy atom. The predicted molar refractivity (Wildman–Crippen MR) is 65.8 cm³/mol. The third-order valence-electron chi connectivity index (χ3n) is 3.35. The second kappa shape index (κ2) is 4.98. The zero-order valence-electron chi connectivity index (χ0n) is 10.8. The van der Waals surface area contributed by atoms with Gasteiger partial charge in [0.1, 0.15) is 0 Å². The highest BCUT2D eigenvalue weighted by molar-refractivity contribution is 5.86. The molecule has 94 valence electrons. The zero-order chi connectivity index (χ0) is 12.4. The van der Waals surface area contributed by atoms with E-state index in [0.717, 1.165) is 25.3 Å². The van der Waals surface area contributed by atoms with Crippen LogP contribution < -0.4 is 0 Å². The van der Waals surface area contributed by atoms with Crippen molar-refractivity contribution in [2.24, 2.45) is 7.05 Å². The number of carbonyl (C=O) groups is 1. The Bertz CT molecular complexity index is 401. The number of ketones is 1. The van der Waals surface area contributed by atoms with Gasteiger partial charge in [0.25, 0.3) is 0 Å². The zero-order valence-corrected chi connectivity index (χ0v) is 10.8. The molecule has 0 amide bonds. The predicted octanol–water partition coefficient (Wildman–Crippen LogP) is -0.222. The van der Waals surface area contributed by atoms with E-state index >= 15 is 0 Å². The first-order valence-corrected chi connectivity index (χ1v) is 5.96. The molecule has 2 rings (SSSR count). The summed E-state index contributed by atoms with van der Waals surface area (Å²) in [6.45, 7) is 2.81. The van der Waals surface area contributed by atoms with Gasteiger partial charge in [0.15, 0.2) is 5.78 Å². The molecule has 1 fully saturated rings. The van der Waals surface area contributed by atoms with Gasteiger partial charge in [-0.2, -0.15) is 5.10 Å². The van der Waals surface area contributed by atoms with Crippen LogP contribution >= 0.6 is 0 Å². The topological polar surface area (TPSA) is 41.4 Å². The summed E-state index contributed by atoms with van der Waals surface area (Å²) in [5, 5.41) is 4.25. The lowest BCUT2D eigenvalue weighted by Gasteiger charge is -2.36. The number of hydrogen-bond donors (Lipinski definition) is 0. The molecule has 0 bridgehead atoms. The number of hydrogen-bond acceptors (Lipinski definition) is 4. The fourth-order valence-electron chi connectivity index (χ4n) is 2.21. The molecule has 0 N–H and O–H groups in total. The van der Waals surface area contributed by atoms with Crippen molar-refractivity contribution in [2.75, 3.05) is 33.7 Å².